The summed E-state index contributed by atoms with van der Waals surface area (Å²) in [6, 6.07) is 9.36. The SMILES string of the molecule is COc1cc(OC)cc(C(=O)NCCN2C(=O)c3ccc(Cl)cc3C2=O)c1. The number of amides is 3. The molecule has 140 valence electrons. The molecular formula is C19H17ClN2O5. The molecule has 27 heavy (non-hydrogen) atoms. The summed E-state index contributed by atoms with van der Waals surface area (Å²) in [5.41, 5.74) is 0.935. The molecule has 0 saturated heterocycles. The van der Waals surface area contributed by atoms with Gasteiger partial charge in [-0.05, 0) is 30.3 Å². The van der Waals surface area contributed by atoms with E-state index in [9.17, 15) is 14.4 Å². The van der Waals surface area contributed by atoms with Gasteiger partial charge in [-0.2, -0.15) is 0 Å². The molecule has 3 amide bonds. The zero-order valence-corrected chi connectivity index (χ0v) is 15.5. The molecule has 0 aromatic heterocycles. The lowest BCUT2D eigenvalue weighted by atomic mass is 10.1. The van der Waals surface area contributed by atoms with Crippen molar-refractivity contribution >= 4 is 29.3 Å². The number of hydrogen-bond acceptors (Lipinski definition) is 5. The molecule has 0 bridgehead atoms. The van der Waals surface area contributed by atoms with Gasteiger partial charge >= 0.3 is 0 Å². The van der Waals surface area contributed by atoms with E-state index in [0.29, 0.717) is 27.6 Å². The number of carbonyl (C=O) groups is 3. The largest absolute Gasteiger partial charge is 0.497 e. The van der Waals surface area contributed by atoms with Crippen LogP contribution in [-0.2, 0) is 0 Å². The summed E-state index contributed by atoms with van der Waals surface area (Å²) in [4.78, 5) is 38.2. The Labute approximate surface area is 160 Å². The summed E-state index contributed by atoms with van der Waals surface area (Å²) in [5.74, 6) is -0.223. The summed E-state index contributed by atoms with van der Waals surface area (Å²) < 4.78 is 10.3. The van der Waals surface area contributed by atoms with Gasteiger partial charge in [0.2, 0.25) is 0 Å². The van der Waals surface area contributed by atoms with E-state index >= 15 is 0 Å². The van der Waals surface area contributed by atoms with Crippen molar-refractivity contribution in [1.82, 2.24) is 10.2 Å². The highest BCUT2D eigenvalue weighted by Crippen LogP contribution is 2.25. The molecule has 0 atom stereocenters. The predicted octanol–water partition coefficient (Wildman–Crippen LogP) is 2.38. The van der Waals surface area contributed by atoms with Gasteiger partial charge in [0.25, 0.3) is 17.7 Å². The number of rotatable bonds is 6. The first-order valence-electron chi connectivity index (χ1n) is 8.11. The molecule has 3 rings (SSSR count). The van der Waals surface area contributed by atoms with Crippen molar-refractivity contribution in [3.63, 3.8) is 0 Å². The average Bonchev–Trinajstić information content (AvgIpc) is 2.91. The number of fused-ring (bicyclic) bond motifs is 1. The maximum atomic E-state index is 12.4. The van der Waals surface area contributed by atoms with Gasteiger partial charge in [-0.1, -0.05) is 11.6 Å². The Bertz CT molecular complexity index is 906. The van der Waals surface area contributed by atoms with Crippen LogP contribution < -0.4 is 14.8 Å². The summed E-state index contributed by atoms with van der Waals surface area (Å²) in [6.07, 6.45) is 0. The zero-order chi connectivity index (χ0) is 19.6. The molecule has 0 saturated carbocycles. The lowest BCUT2D eigenvalue weighted by Gasteiger charge is -2.14. The van der Waals surface area contributed by atoms with Crippen LogP contribution in [0.2, 0.25) is 5.02 Å². The van der Waals surface area contributed by atoms with Gasteiger partial charge in [-0.3, -0.25) is 19.3 Å². The van der Waals surface area contributed by atoms with Crippen molar-refractivity contribution in [2.75, 3.05) is 27.3 Å². The Morgan fingerprint density at radius 1 is 1.00 bits per heavy atom. The van der Waals surface area contributed by atoms with Crippen molar-refractivity contribution in [3.8, 4) is 11.5 Å². The second kappa shape index (κ2) is 7.67. The van der Waals surface area contributed by atoms with Crippen molar-refractivity contribution in [2.24, 2.45) is 0 Å². The Balaban J connectivity index is 1.64. The van der Waals surface area contributed by atoms with Crippen LogP contribution in [0.4, 0.5) is 0 Å². The first-order chi connectivity index (χ1) is 12.9. The highest BCUT2D eigenvalue weighted by molar-refractivity contribution is 6.32. The van der Waals surface area contributed by atoms with Crippen LogP contribution in [0.3, 0.4) is 0 Å². The van der Waals surface area contributed by atoms with E-state index in [0.717, 1.165) is 4.90 Å². The number of nitrogens with one attached hydrogen (secondary N) is 1. The molecule has 8 heteroatoms. The van der Waals surface area contributed by atoms with Crippen molar-refractivity contribution in [3.05, 3.63) is 58.1 Å². The van der Waals surface area contributed by atoms with E-state index < -0.39 is 11.8 Å². The highest BCUT2D eigenvalue weighted by Gasteiger charge is 2.35. The van der Waals surface area contributed by atoms with Gasteiger partial charge in [0, 0.05) is 29.7 Å². The van der Waals surface area contributed by atoms with Crippen LogP contribution >= 0.6 is 11.6 Å². The monoisotopic (exact) mass is 388 g/mol. The standard InChI is InChI=1S/C19H17ClN2O5/c1-26-13-7-11(8-14(10-13)27-2)17(23)21-5-6-22-18(24)15-4-3-12(20)9-16(15)19(22)25/h3-4,7-10H,5-6H2,1-2H3,(H,21,23). The topological polar surface area (TPSA) is 84.9 Å². The third-order valence-electron chi connectivity index (χ3n) is 4.17. The normalized spacial score (nSPS) is 12.8. The van der Waals surface area contributed by atoms with E-state index in [1.54, 1.807) is 24.3 Å². The molecule has 2 aromatic rings. The summed E-state index contributed by atoms with van der Waals surface area (Å²) in [5, 5.41) is 3.07. The van der Waals surface area contributed by atoms with Crippen molar-refractivity contribution < 1.29 is 23.9 Å². The number of imide groups is 1. The summed E-state index contributed by atoms with van der Waals surface area (Å²) >= 11 is 5.89. The maximum absolute atomic E-state index is 12.4. The number of benzene rings is 2. The smallest absolute Gasteiger partial charge is 0.261 e. The minimum atomic E-state index is -0.421. The van der Waals surface area contributed by atoms with E-state index in [-0.39, 0.29) is 24.6 Å². The third kappa shape index (κ3) is 3.73. The van der Waals surface area contributed by atoms with Crippen molar-refractivity contribution in [1.29, 1.82) is 0 Å². The Hall–Kier alpha value is -3.06. The quantitative estimate of drug-likeness (QED) is 0.768. The minimum absolute atomic E-state index is 0.0524. The van der Waals surface area contributed by atoms with Crippen LogP contribution in [0, 0.1) is 0 Å². The lowest BCUT2D eigenvalue weighted by molar-refractivity contribution is 0.0650. The fourth-order valence-corrected chi connectivity index (χ4v) is 2.96. The molecule has 0 unspecified atom stereocenters. The molecule has 1 aliphatic rings. The van der Waals surface area contributed by atoms with Gasteiger partial charge in [-0.25, -0.2) is 0 Å². The Morgan fingerprint density at radius 3 is 2.26 bits per heavy atom. The fraction of sp³-hybridized carbons (Fsp3) is 0.211. The molecule has 1 N–H and O–H groups in total. The van der Waals surface area contributed by atoms with Crippen LogP contribution in [-0.4, -0.2) is 49.9 Å². The number of ether oxygens (including phenoxy) is 2. The average molecular weight is 389 g/mol. The zero-order valence-electron chi connectivity index (χ0n) is 14.7. The molecule has 0 fully saturated rings. The van der Waals surface area contributed by atoms with Gasteiger partial charge in [0.15, 0.2) is 0 Å². The predicted molar refractivity (Wildman–Crippen MR) is 98.7 cm³/mol. The van der Waals surface area contributed by atoms with E-state index in [1.165, 1.54) is 26.4 Å². The van der Waals surface area contributed by atoms with Crippen LogP contribution in [0.1, 0.15) is 31.1 Å². The number of nitrogens with zero attached hydrogens (tertiary/aromatic N) is 1. The molecule has 0 spiro atoms. The van der Waals surface area contributed by atoms with Crippen molar-refractivity contribution in [2.45, 2.75) is 0 Å². The second-order valence-corrected chi connectivity index (χ2v) is 6.25. The van der Waals surface area contributed by atoms with E-state index in [1.807, 2.05) is 0 Å². The van der Waals surface area contributed by atoms with Crippen LogP contribution in [0.15, 0.2) is 36.4 Å². The molecule has 7 nitrogen and oxygen atoms in total. The maximum Gasteiger partial charge on any atom is 0.261 e. The van der Waals surface area contributed by atoms with Gasteiger partial charge in [-0.15, -0.1) is 0 Å². The second-order valence-electron chi connectivity index (χ2n) is 5.81. The molecule has 2 aromatic carbocycles. The Morgan fingerprint density at radius 2 is 1.63 bits per heavy atom. The van der Waals surface area contributed by atoms with E-state index in [2.05, 4.69) is 5.32 Å². The summed E-state index contributed by atoms with van der Waals surface area (Å²) in [7, 11) is 2.98. The number of hydrogen-bond donors (Lipinski definition) is 1. The minimum Gasteiger partial charge on any atom is -0.497 e. The van der Waals surface area contributed by atoms with E-state index in [4.69, 9.17) is 21.1 Å². The van der Waals surface area contributed by atoms with Gasteiger partial charge < -0.3 is 14.8 Å². The molecule has 0 radical (unpaired) electrons. The molecule has 1 aliphatic heterocycles. The highest BCUT2D eigenvalue weighted by atomic mass is 35.5. The number of methoxy groups -OCH3 is 2. The number of halogens is 1. The molecule has 0 aliphatic carbocycles. The van der Waals surface area contributed by atoms with Gasteiger partial charge in [0.05, 0.1) is 25.3 Å². The summed E-state index contributed by atoms with van der Waals surface area (Å²) in [6.45, 7) is 0.161. The lowest BCUT2D eigenvalue weighted by Crippen LogP contribution is -2.38. The first kappa shape index (κ1) is 18.7. The van der Waals surface area contributed by atoms with Crippen LogP contribution in [0.5, 0.6) is 11.5 Å². The third-order valence-corrected chi connectivity index (χ3v) is 4.40. The Kier molecular flexibility index (Phi) is 5.32. The molecular weight excluding hydrogens is 372 g/mol. The first-order valence-corrected chi connectivity index (χ1v) is 8.49. The van der Waals surface area contributed by atoms with Gasteiger partial charge in [0.1, 0.15) is 11.5 Å². The van der Waals surface area contributed by atoms with Crippen LogP contribution in [0.25, 0.3) is 0 Å². The fourth-order valence-electron chi connectivity index (χ4n) is 2.79. The number of carbonyl (C=O) groups excluding carboxylic acids is 3. The molecule has 1 heterocycles.